The zero-order valence-electron chi connectivity index (χ0n) is 12.3. The zero-order chi connectivity index (χ0) is 14.1. The van der Waals surface area contributed by atoms with Gasteiger partial charge >= 0.3 is 0 Å². The van der Waals surface area contributed by atoms with Crippen LogP contribution < -0.4 is 11.1 Å². The van der Waals surface area contributed by atoms with Crippen LogP contribution >= 0.6 is 0 Å². The molecule has 2 aromatic rings. The number of pyridine rings is 1. The van der Waals surface area contributed by atoms with Crippen molar-refractivity contribution in [3.63, 3.8) is 0 Å². The number of hydrogen-bond donors (Lipinski definition) is 2. The zero-order valence-corrected chi connectivity index (χ0v) is 12.3. The van der Waals surface area contributed by atoms with Crippen molar-refractivity contribution in [2.75, 3.05) is 11.1 Å². The molecule has 1 heterocycles. The molecule has 3 N–H and O–H groups in total. The lowest BCUT2D eigenvalue weighted by Crippen LogP contribution is -2.19. The molecule has 3 heteroatoms. The van der Waals surface area contributed by atoms with E-state index in [1.165, 1.54) is 30.3 Å². The third-order valence-electron chi connectivity index (χ3n) is 4.24. The molecular weight excluding hydrogens is 246 g/mol. The van der Waals surface area contributed by atoms with E-state index in [1.54, 1.807) is 0 Å². The second-order valence-electron chi connectivity index (χ2n) is 6.00. The quantitative estimate of drug-likeness (QED) is 0.803. The van der Waals surface area contributed by atoms with Crippen molar-refractivity contribution in [1.29, 1.82) is 0 Å². The Morgan fingerprint density at radius 1 is 1.35 bits per heavy atom. The summed E-state index contributed by atoms with van der Waals surface area (Å²) in [6, 6.07) is 6.76. The van der Waals surface area contributed by atoms with E-state index in [1.807, 2.05) is 19.2 Å². The van der Waals surface area contributed by atoms with E-state index in [9.17, 15) is 0 Å². The maximum absolute atomic E-state index is 6.06. The monoisotopic (exact) mass is 269 g/mol. The fraction of sp³-hybridized carbons (Fsp3) is 0.471. The van der Waals surface area contributed by atoms with Gasteiger partial charge in [-0.25, -0.2) is 0 Å². The van der Waals surface area contributed by atoms with Crippen LogP contribution in [0.5, 0.6) is 0 Å². The second kappa shape index (κ2) is 5.31. The van der Waals surface area contributed by atoms with Gasteiger partial charge in [0.1, 0.15) is 0 Å². The van der Waals surface area contributed by atoms with Gasteiger partial charge in [0.05, 0.1) is 0 Å². The van der Waals surface area contributed by atoms with E-state index in [4.69, 9.17) is 5.73 Å². The number of aromatic nitrogens is 1. The van der Waals surface area contributed by atoms with Gasteiger partial charge in [-0.2, -0.15) is 0 Å². The van der Waals surface area contributed by atoms with Crippen molar-refractivity contribution in [3.8, 4) is 0 Å². The second-order valence-corrected chi connectivity index (χ2v) is 6.00. The smallest absolute Gasteiger partial charge is 0.0424 e. The number of nitrogens with two attached hydrogens (primary N) is 1. The average Bonchev–Trinajstić information content (AvgIpc) is 3.25. The predicted molar refractivity (Wildman–Crippen MR) is 85.9 cm³/mol. The van der Waals surface area contributed by atoms with Crippen molar-refractivity contribution >= 4 is 22.1 Å². The SMILES string of the molecule is CCC(CC1CC1)Nc1ccc(N)c2cnc(C)cc12. The molecule has 0 radical (unpaired) electrons. The lowest BCUT2D eigenvalue weighted by atomic mass is 10.0. The van der Waals surface area contributed by atoms with Crippen LogP contribution in [0.1, 0.15) is 38.3 Å². The molecule has 106 valence electrons. The molecule has 3 rings (SSSR count). The standard InChI is InChI=1S/C17H23N3/c1-3-13(9-12-4-5-12)20-17-7-6-16(18)15-10-19-11(2)8-14(15)17/h6-8,10,12-13,20H,3-5,9,18H2,1-2H3. The molecule has 1 atom stereocenters. The van der Waals surface area contributed by atoms with Crippen LogP contribution in [-0.2, 0) is 0 Å². The lowest BCUT2D eigenvalue weighted by molar-refractivity contribution is 0.587. The van der Waals surface area contributed by atoms with Crippen LogP contribution in [0.4, 0.5) is 11.4 Å². The minimum Gasteiger partial charge on any atom is -0.398 e. The number of nitrogens with zero attached hydrogens (tertiary/aromatic N) is 1. The predicted octanol–water partition coefficient (Wildman–Crippen LogP) is 4.12. The molecule has 1 fully saturated rings. The highest BCUT2D eigenvalue weighted by atomic mass is 14.9. The van der Waals surface area contributed by atoms with Crippen LogP contribution in [0.15, 0.2) is 24.4 Å². The first kappa shape index (κ1) is 13.2. The van der Waals surface area contributed by atoms with Gasteiger partial charge in [0.25, 0.3) is 0 Å². The Morgan fingerprint density at radius 2 is 2.15 bits per heavy atom. The van der Waals surface area contributed by atoms with Crippen molar-refractivity contribution < 1.29 is 0 Å². The summed E-state index contributed by atoms with van der Waals surface area (Å²) < 4.78 is 0. The minimum absolute atomic E-state index is 0.558. The Morgan fingerprint density at radius 3 is 2.85 bits per heavy atom. The third kappa shape index (κ3) is 2.72. The minimum atomic E-state index is 0.558. The van der Waals surface area contributed by atoms with Gasteiger partial charge in [0.2, 0.25) is 0 Å². The highest BCUT2D eigenvalue weighted by Crippen LogP contribution is 2.36. The summed E-state index contributed by atoms with van der Waals surface area (Å²) in [7, 11) is 0. The summed E-state index contributed by atoms with van der Waals surface area (Å²) in [5.41, 5.74) is 9.08. The normalized spacial score (nSPS) is 16.3. The molecular formula is C17H23N3. The van der Waals surface area contributed by atoms with Crippen LogP contribution in [0.2, 0.25) is 0 Å². The first-order valence-electron chi connectivity index (χ1n) is 7.58. The molecule has 0 aliphatic heterocycles. The van der Waals surface area contributed by atoms with E-state index in [0.29, 0.717) is 6.04 Å². The molecule has 1 aromatic heterocycles. The summed E-state index contributed by atoms with van der Waals surface area (Å²) in [6.45, 7) is 4.28. The topological polar surface area (TPSA) is 50.9 Å². The van der Waals surface area contributed by atoms with Crippen molar-refractivity contribution in [2.45, 2.75) is 45.6 Å². The molecule has 1 unspecified atom stereocenters. The Hall–Kier alpha value is -1.77. The number of nitrogen functional groups attached to an aromatic ring is 1. The number of hydrogen-bond acceptors (Lipinski definition) is 3. The van der Waals surface area contributed by atoms with Gasteiger partial charge in [0, 0.05) is 40.1 Å². The van der Waals surface area contributed by atoms with Crippen molar-refractivity contribution in [2.24, 2.45) is 5.92 Å². The highest BCUT2D eigenvalue weighted by molar-refractivity contribution is 6.00. The molecule has 0 amide bonds. The molecule has 20 heavy (non-hydrogen) atoms. The van der Waals surface area contributed by atoms with E-state index >= 15 is 0 Å². The Kier molecular flexibility index (Phi) is 3.51. The summed E-state index contributed by atoms with van der Waals surface area (Å²) in [4.78, 5) is 4.36. The molecule has 3 nitrogen and oxygen atoms in total. The molecule has 1 aliphatic rings. The fourth-order valence-corrected chi connectivity index (χ4v) is 2.79. The maximum Gasteiger partial charge on any atom is 0.0424 e. The Bertz CT molecular complexity index is 617. The molecule has 1 aliphatic carbocycles. The van der Waals surface area contributed by atoms with Gasteiger partial charge in [-0.3, -0.25) is 4.98 Å². The maximum atomic E-state index is 6.06. The van der Waals surface area contributed by atoms with Crippen molar-refractivity contribution in [3.05, 3.63) is 30.1 Å². The summed E-state index contributed by atoms with van der Waals surface area (Å²) >= 11 is 0. The van der Waals surface area contributed by atoms with Gasteiger partial charge in [0.15, 0.2) is 0 Å². The van der Waals surface area contributed by atoms with Crippen LogP contribution in [0, 0.1) is 12.8 Å². The summed E-state index contributed by atoms with van der Waals surface area (Å²) in [5, 5.41) is 5.94. The molecule has 1 aromatic carbocycles. The van der Waals surface area contributed by atoms with E-state index in [0.717, 1.165) is 29.1 Å². The third-order valence-corrected chi connectivity index (χ3v) is 4.24. The lowest BCUT2D eigenvalue weighted by Gasteiger charge is -2.20. The first-order chi connectivity index (χ1) is 9.67. The van der Waals surface area contributed by atoms with Crippen molar-refractivity contribution in [1.82, 2.24) is 4.98 Å². The summed E-state index contributed by atoms with van der Waals surface area (Å²) in [6.07, 6.45) is 7.14. The van der Waals surface area contributed by atoms with Gasteiger partial charge in [-0.1, -0.05) is 19.8 Å². The first-order valence-corrected chi connectivity index (χ1v) is 7.58. The number of nitrogens with one attached hydrogen (secondary N) is 1. The van der Waals surface area contributed by atoms with E-state index in [-0.39, 0.29) is 0 Å². The van der Waals surface area contributed by atoms with Gasteiger partial charge in [-0.05, 0) is 43.9 Å². The number of rotatable bonds is 5. The Balaban J connectivity index is 1.93. The Labute approximate surface area is 120 Å². The molecule has 0 spiro atoms. The summed E-state index contributed by atoms with van der Waals surface area (Å²) in [5.74, 6) is 0.941. The molecule has 0 saturated heterocycles. The highest BCUT2D eigenvalue weighted by Gasteiger charge is 2.24. The number of fused-ring (bicyclic) bond motifs is 1. The number of anilines is 2. The van der Waals surface area contributed by atoms with Gasteiger partial charge in [-0.15, -0.1) is 0 Å². The largest absolute Gasteiger partial charge is 0.398 e. The molecule has 0 bridgehead atoms. The van der Waals surface area contributed by atoms with Crippen LogP contribution in [0.3, 0.4) is 0 Å². The fourth-order valence-electron chi connectivity index (χ4n) is 2.79. The van der Waals surface area contributed by atoms with Crippen LogP contribution in [0.25, 0.3) is 10.8 Å². The van der Waals surface area contributed by atoms with Crippen LogP contribution in [-0.4, -0.2) is 11.0 Å². The van der Waals surface area contributed by atoms with Gasteiger partial charge < -0.3 is 11.1 Å². The number of benzene rings is 1. The average molecular weight is 269 g/mol. The number of aryl methyl sites for hydroxylation is 1. The molecule has 1 saturated carbocycles. The van der Waals surface area contributed by atoms with E-state index in [2.05, 4.69) is 29.4 Å². The van der Waals surface area contributed by atoms with E-state index < -0.39 is 0 Å².